The Hall–Kier alpha value is -2.09. The molecule has 0 heterocycles. The molecule has 2 aromatic carbocycles. The molecule has 1 atom stereocenters. The van der Waals surface area contributed by atoms with Crippen LogP contribution in [0.15, 0.2) is 48.5 Å². The molecule has 0 radical (unpaired) electrons. The minimum absolute atomic E-state index is 0.0608. The fraction of sp³-hybridized carbons (Fsp3) is 0.278. The third kappa shape index (κ3) is 3.27. The third-order valence-electron chi connectivity index (χ3n) is 3.57. The average molecular weight is 267 g/mol. The van der Waals surface area contributed by atoms with Gasteiger partial charge >= 0.3 is 0 Å². The first kappa shape index (κ1) is 14.3. The lowest BCUT2D eigenvalue weighted by atomic mass is 9.95. The summed E-state index contributed by atoms with van der Waals surface area (Å²) in [6, 6.07) is 16.0. The maximum atomic E-state index is 12.5. The number of benzene rings is 2. The molecule has 2 heteroatoms. The molecule has 0 aliphatic carbocycles. The molecule has 0 saturated carbocycles. The molecule has 0 saturated heterocycles. The van der Waals surface area contributed by atoms with E-state index in [9.17, 15) is 4.79 Å². The van der Waals surface area contributed by atoms with Crippen LogP contribution in [0.5, 0.6) is 0 Å². The second kappa shape index (κ2) is 6.38. The van der Waals surface area contributed by atoms with Crippen LogP contribution in [-0.4, -0.2) is 5.91 Å². The molecule has 1 amide bonds. The first-order valence-corrected chi connectivity index (χ1v) is 7.05. The van der Waals surface area contributed by atoms with Crippen molar-refractivity contribution in [2.75, 3.05) is 5.32 Å². The van der Waals surface area contributed by atoms with E-state index in [1.165, 1.54) is 5.56 Å². The molecular formula is C18H21NO. The van der Waals surface area contributed by atoms with E-state index < -0.39 is 0 Å². The number of carbonyl (C=O) groups excluding carboxylic acids is 1. The predicted octanol–water partition coefficient (Wildman–Crippen LogP) is 4.44. The van der Waals surface area contributed by atoms with Crippen molar-refractivity contribution in [3.05, 3.63) is 65.2 Å². The van der Waals surface area contributed by atoms with Crippen molar-refractivity contribution in [3.63, 3.8) is 0 Å². The van der Waals surface area contributed by atoms with Crippen LogP contribution in [0.4, 0.5) is 5.69 Å². The number of anilines is 1. The van der Waals surface area contributed by atoms with Crippen LogP contribution in [0.2, 0.25) is 0 Å². The van der Waals surface area contributed by atoms with Gasteiger partial charge in [-0.2, -0.15) is 0 Å². The van der Waals surface area contributed by atoms with E-state index in [2.05, 4.69) is 18.3 Å². The summed E-state index contributed by atoms with van der Waals surface area (Å²) in [6.07, 6.45) is 0.792. The highest BCUT2D eigenvalue weighted by Crippen LogP contribution is 2.23. The highest BCUT2D eigenvalue weighted by molar-refractivity contribution is 5.96. The molecular weight excluding hydrogens is 246 g/mol. The smallest absolute Gasteiger partial charge is 0.231 e. The lowest BCUT2D eigenvalue weighted by Crippen LogP contribution is -2.21. The van der Waals surface area contributed by atoms with Gasteiger partial charge in [-0.3, -0.25) is 4.79 Å². The fourth-order valence-corrected chi connectivity index (χ4v) is 2.43. The second-order valence-corrected chi connectivity index (χ2v) is 5.18. The normalized spacial score (nSPS) is 11.9. The standard InChI is InChI=1S/C18H21NO/c1-4-16(15-8-6-5-7-9-15)18(20)19-17-11-10-13(2)12-14(17)3/h5-12,16H,4H2,1-3H3,(H,19,20)/t16-/m1/s1. The first-order chi connectivity index (χ1) is 9.61. The second-order valence-electron chi connectivity index (χ2n) is 5.18. The molecule has 0 unspecified atom stereocenters. The highest BCUT2D eigenvalue weighted by atomic mass is 16.1. The largest absolute Gasteiger partial charge is 0.325 e. The van der Waals surface area contributed by atoms with Crippen LogP contribution < -0.4 is 5.32 Å². The number of carbonyl (C=O) groups is 1. The SMILES string of the molecule is CC[C@@H](C(=O)Nc1ccc(C)cc1C)c1ccccc1. The molecule has 20 heavy (non-hydrogen) atoms. The van der Waals surface area contributed by atoms with Crippen molar-refractivity contribution in [2.24, 2.45) is 0 Å². The summed E-state index contributed by atoms with van der Waals surface area (Å²) in [5, 5.41) is 3.05. The molecule has 0 aromatic heterocycles. The van der Waals surface area contributed by atoms with E-state index in [4.69, 9.17) is 0 Å². The van der Waals surface area contributed by atoms with Crippen molar-refractivity contribution >= 4 is 11.6 Å². The van der Waals surface area contributed by atoms with Crippen LogP contribution in [0.25, 0.3) is 0 Å². The lowest BCUT2D eigenvalue weighted by Gasteiger charge is -2.16. The van der Waals surface area contributed by atoms with Crippen LogP contribution in [-0.2, 0) is 4.79 Å². The van der Waals surface area contributed by atoms with Crippen LogP contribution >= 0.6 is 0 Å². The number of amides is 1. The topological polar surface area (TPSA) is 29.1 Å². The van der Waals surface area contributed by atoms with Crippen LogP contribution in [0.1, 0.15) is 36.0 Å². The van der Waals surface area contributed by atoms with E-state index >= 15 is 0 Å². The molecule has 0 bridgehead atoms. The summed E-state index contributed by atoms with van der Waals surface area (Å²) in [4.78, 5) is 12.5. The van der Waals surface area contributed by atoms with Gasteiger partial charge in [0.2, 0.25) is 5.91 Å². The summed E-state index contributed by atoms with van der Waals surface area (Å²) in [7, 11) is 0. The maximum absolute atomic E-state index is 12.5. The number of nitrogens with one attached hydrogen (secondary N) is 1. The Morgan fingerprint density at radius 3 is 2.40 bits per heavy atom. The number of hydrogen-bond acceptors (Lipinski definition) is 1. The maximum Gasteiger partial charge on any atom is 0.231 e. The van der Waals surface area contributed by atoms with E-state index in [1.54, 1.807) is 0 Å². The minimum atomic E-state index is -0.100. The number of rotatable bonds is 4. The quantitative estimate of drug-likeness (QED) is 0.872. The van der Waals surface area contributed by atoms with Gasteiger partial charge in [-0.05, 0) is 37.5 Å². The molecule has 2 nitrogen and oxygen atoms in total. The molecule has 0 aliphatic heterocycles. The van der Waals surface area contributed by atoms with Gasteiger partial charge in [0.1, 0.15) is 0 Å². The van der Waals surface area contributed by atoms with Gasteiger partial charge in [0.05, 0.1) is 5.92 Å². The van der Waals surface area contributed by atoms with E-state index in [0.717, 1.165) is 23.2 Å². The minimum Gasteiger partial charge on any atom is -0.325 e. The van der Waals surface area contributed by atoms with Gasteiger partial charge in [-0.25, -0.2) is 0 Å². The van der Waals surface area contributed by atoms with Crippen molar-refractivity contribution < 1.29 is 4.79 Å². The molecule has 104 valence electrons. The Balaban J connectivity index is 2.18. The average Bonchev–Trinajstić information content (AvgIpc) is 2.44. The van der Waals surface area contributed by atoms with E-state index in [1.807, 2.05) is 56.3 Å². The Bertz CT molecular complexity index is 590. The fourth-order valence-electron chi connectivity index (χ4n) is 2.43. The lowest BCUT2D eigenvalue weighted by molar-refractivity contribution is -0.117. The predicted molar refractivity (Wildman–Crippen MR) is 84.0 cm³/mol. The number of hydrogen-bond donors (Lipinski definition) is 1. The molecule has 0 spiro atoms. The Morgan fingerprint density at radius 2 is 1.80 bits per heavy atom. The van der Waals surface area contributed by atoms with Crippen molar-refractivity contribution in [3.8, 4) is 0 Å². The van der Waals surface area contributed by atoms with Gasteiger partial charge < -0.3 is 5.32 Å². The van der Waals surface area contributed by atoms with Gasteiger partial charge in [0.25, 0.3) is 0 Å². The Morgan fingerprint density at radius 1 is 1.10 bits per heavy atom. The molecule has 0 aliphatic rings. The van der Waals surface area contributed by atoms with Crippen molar-refractivity contribution in [2.45, 2.75) is 33.1 Å². The highest BCUT2D eigenvalue weighted by Gasteiger charge is 2.18. The van der Waals surface area contributed by atoms with Gasteiger partial charge in [-0.15, -0.1) is 0 Å². The van der Waals surface area contributed by atoms with E-state index in [-0.39, 0.29) is 11.8 Å². The summed E-state index contributed by atoms with van der Waals surface area (Å²) in [5.41, 5.74) is 4.27. The van der Waals surface area contributed by atoms with E-state index in [0.29, 0.717) is 0 Å². The zero-order valence-electron chi connectivity index (χ0n) is 12.3. The zero-order valence-corrected chi connectivity index (χ0v) is 12.3. The van der Waals surface area contributed by atoms with Gasteiger partial charge in [0, 0.05) is 5.69 Å². The molecule has 2 rings (SSSR count). The van der Waals surface area contributed by atoms with Gasteiger partial charge in [0.15, 0.2) is 0 Å². The Kier molecular flexibility index (Phi) is 4.57. The third-order valence-corrected chi connectivity index (χ3v) is 3.57. The molecule has 2 aromatic rings. The summed E-state index contributed by atoms with van der Waals surface area (Å²) in [5.74, 6) is -0.0393. The summed E-state index contributed by atoms with van der Waals surface area (Å²) in [6.45, 7) is 6.11. The van der Waals surface area contributed by atoms with Gasteiger partial charge in [-0.1, -0.05) is 55.0 Å². The first-order valence-electron chi connectivity index (χ1n) is 7.05. The van der Waals surface area contributed by atoms with Crippen LogP contribution in [0.3, 0.4) is 0 Å². The van der Waals surface area contributed by atoms with Crippen molar-refractivity contribution in [1.29, 1.82) is 0 Å². The Labute approximate surface area is 120 Å². The molecule has 1 N–H and O–H groups in total. The summed E-state index contributed by atoms with van der Waals surface area (Å²) < 4.78 is 0. The summed E-state index contributed by atoms with van der Waals surface area (Å²) >= 11 is 0. The van der Waals surface area contributed by atoms with Crippen LogP contribution in [0, 0.1) is 13.8 Å². The number of aryl methyl sites for hydroxylation is 2. The monoisotopic (exact) mass is 267 g/mol. The molecule has 0 fully saturated rings. The van der Waals surface area contributed by atoms with Crippen molar-refractivity contribution in [1.82, 2.24) is 0 Å². The zero-order chi connectivity index (χ0) is 14.5.